The van der Waals surface area contributed by atoms with Crippen LogP contribution in [-0.4, -0.2) is 20.0 Å². The van der Waals surface area contributed by atoms with E-state index < -0.39 is 0 Å². The van der Waals surface area contributed by atoms with Crippen molar-refractivity contribution in [1.82, 2.24) is 9.78 Å². The highest BCUT2D eigenvalue weighted by molar-refractivity contribution is 9.09. The smallest absolute Gasteiger partial charge is 0.262 e. The summed E-state index contributed by atoms with van der Waals surface area (Å²) < 4.78 is 1.78. The van der Waals surface area contributed by atoms with Gasteiger partial charge in [-0.25, -0.2) is 0 Å². The predicted octanol–water partition coefficient (Wildman–Crippen LogP) is 3.61. The van der Waals surface area contributed by atoms with Crippen LogP contribution in [0.25, 0.3) is 0 Å². The van der Waals surface area contributed by atoms with Gasteiger partial charge in [0.2, 0.25) is 0 Å². The second kappa shape index (κ2) is 5.82. The van der Waals surface area contributed by atoms with Crippen LogP contribution in [0.1, 0.15) is 38.1 Å². The van der Waals surface area contributed by atoms with Gasteiger partial charge in [-0.2, -0.15) is 5.10 Å². The Bertz CT molecular complexity index is 431. The molecule has 1 rings (SSSR count). The number of hydrogen-bond donors (Lipinski definition) is 0. The fraction of sp³-hybridized carbons (Fsp3) is 0.750. The van der Waals surface area contributed by atoms with Crippen LogP contribution in [0.15, 0.2) is 0 Å². The van der Waals surface area contributed by atoms with E-state index in [1.165, 1.54) is 0 Å². The average molecular weight is 318 g/mol. The van der Waals surface area contributed by atoms with E-state index in [1.807, 2.05) is 0 Å². The summed E-state index contributed by atoms with van der Waals surface area (Å²) in [5.41, 5.74) is 1.39. The topological polar surface area (TPSA) is 61.0 Å². The van der Waals surface area contributed by atoms with Crippen molar-refractivity contribution in [2.45, 2.75) is 47.1 Å². The molecule has 18 heavy (non-hydrogen) atoms. The monoisotopic (exact) mass is 317 g/mol. The van der Waals surface area contributed by atoms with Gasteiger partial charge in [0.1, 0.15) is 11.4 Å². The molecular weight excluding hydrogens is 298 g/mol. The standard InChI is InChI=1S/C12H20BrN3O2/c1-5-12(6-2,7-13)8-15-10(4)11(16(17)18)9(3)14-15/h5-8H2,1-4H3. The Kier molecular flexibility index (Phi) is 4.90. The Morgan fingerprint density at radius 2 is 1.94 bits per heavy atom. The zero-order valence-corrected chi connectivity index (χ0v) is 13.0. The summed E-state index contributed by atoms with van der Waals surface area (Å²) in [6.45, 7) is 8.46. The highest BCUT2D eigenvalue weighted by Crippen LogP contribution is 2.32. The van der Waals surface area contributed by atoms with Gasteiger partial charge >= 0.3 is 5.69 Å². The predicted molar refractivity (Wildman–Crippen MR) is 75.2 cm³/mol. The molecule has 0 saturated carbocycles. The highest BCUT2D eigenvalue weighted by atomic mass is 79.9. The molecule has 1 heterocycles. The molecule has 0 bridgehead atoms. The second-order valence-corrected chi connectivity index (χ2v) is 5.34. The van der Waals surface area contributed by atoms with Crippen molar-refractivity contribution in [3.63, 3.8) is 0 Å². The summed E-state index contributed by atoms with van der Waals surface area (Å²) in [6.07, 6.45) is 2.03. The van der Waals surface area contributed by atoms with E-state index in [4.69, 9.17) is 0 Å². The Morgan fingerprint density at radius 1 is 1.39 bits per heavy atom. The van der Waals surface area contributed by atoms with Gasteiger partial charge in [0, 0.05) is 11.9 Å². The molecule has 0 atom stereocenters. The minimum atomic E-state index is -0.345. The van der Waals surface area contributed by atoms with Crippen molar-refractivity contribution < 1.29 is 4.92 Å². The third kappa shape index (κ3) is 2.74. The molecule has 0 saturated heterocycles. The van der Waals surface area contributed by atoms with Crippen LogP contribution in [-0.2, 0) is 6.54 Å². The van der Waals surface area contributed by atoms with Crippen LogP contribution in [0.3, 0.4) is 0 Å². The zero-order chi connectivity index (χ0) is 13.9. The number of aromatic nitrogens is 2. The summed E-state index contributed by atoms with van der Waals surface area (Å²) in [6, 6.07) is 0. The number of alkyl halides is 1. The summed E-state index contributed by atoms with van der Waals surface area (Å²) in [5, 5.41) is 16.2. The molecule has 0 unspecified atom stereocenters. The quantitative estimate of drug-likeness (QED) is 0.457. The Balaban J connectivity index is 3.12. The Hall–Kier alpha value is -0.910. The van der Waals surface area contributed by atoms with E-state index in [0.29, 0.717) is 17.9 Å². The molecule has 0 aliphatic rings. The molecule has 0 amide bonds. The van der Waals surface area contributed by atoms with Gasteiger partial charge in [-0.3, -0.25) is 14.8 Å². The fourth-order valence-electron chi connectivity index (χ4n) is 2.13. The molecule has 0 aliphatic heterocycles. The second-order valence-electron chi connectivity index (χ2n) is 4.77. The van der Waals surface area contributed by atoms with Crippen LogP contribution >= 0.6 is 15.9 Å². The third-order valence-electron chi connectivity index (χ3n) is 3.79. The Morgan fingerprint density at radius 3 is 2.28 bits per heavy atom. The van der Waals surface area contributed by atoms with Gasteiger partial charge in [0.05, 0.1) is 4.92 Å². The van der Waals surface area contributed by atoms with E-state index in [0.717, 1.165) is 18.2 Å². The van der Waals surface area contributed by atoms with E-state index >= 15 is 0 Å². The molecule has 1 aromatic rings. The van der Waals surface area contributed by atoms with Gasteiger partial charge in [-0.05, 0) is 32.1 Å². The number of aryl methyl sites for hydroxylation is 1. The Labute approximate surface area is 116 Å². The maximum Gasteiger partial charge on any atom is 0.312 e. The molecule has 1 aromatic heterocycles. The first kappa shape index (κ1) is 15.1. The number of rotatable bonds is 6. The van der Waals surface area contributed by atoms with Crippen molar-refractivity contribution >= 4 is 21.6 Å². The lowest BCUT2D eigenvalue weighted by molar-refractivity contribution is -0.386. The van der Waals surface area contributed by atoms with Crippen LogP contribution < -0.4 is 0 Å². The minimum absolute atomic E-state index is 0.108. The molecule has 0 aromatic carbocycles. The number of nitro groups is 1. The SMILES string of the molecule is CCC(CC)(CBr)Cn1nc(C)c([N+](=O)[O-])c1C. The summed E-state index contributed by atoms with van der Waals surface area (Å²) in [4.78, 5) is 10.6. The summed E-state index contributed by atoms with van der Waals surface area (Å²) in [7, 11) is 0. The van der Waals surface area contributed by atoms with Gasteiger partial charge in [0.25, 0.3) is 0 Å². The highest BCUT2D eigenvalue weighted by Gasteiger charge is 2.29. The third-order valence-corrected chi connectivity index (χ3v) is 4.98. The van der Waals surface area contributed by atoms with E-state index in [9.17, 15) is 10.1 Å². The first-order valence-electron chi connectivity index (χ1n) is 6.15. The maximum atomic E-state index is 11.0. The van der Waals surface area contributed by atoms with Gasteiger partial charge in [0.15, 0.2) is 0 Å². The molecule has 0 N–H and O–H groups in total. The number of nitrogens with zero attached hydrogens (tertiary/aromatic N) is 3. The lowest BCUT2D eigenvalue weighted by Gasteiger charge is -2.29. The molecule has 6 heteroatoms. The van der Waals surface area contributed by atoms with Crippen LogP contribution in [0.4, 0.5) is 5.69 Å². The molecule has 0 spiro atoms. The normalized spacial score (nSPS) is 11.8. The first-order valence-corrected chi connectivity index (χ1v) is 7.27. The number of hydrogen-bond acceptors (Lipinski definition) is 3. The van der Waals surface area contributed by atoms with Crippen LogP contribution in [0.5, 0.6) is 0 Å². The first-order chi connectivity index (χ1) is 8.40. The van der Waals surface area contributed by atoms with E-state index in [-0.39, 0.29) is 16.0 Å². The zero-order valence-electron chi connectivity index (χ0n) is 11.4. The molecule has 0 fully saturated rings. The van der Waals surface area contributed by atoms with Crippen molar-refractivity contribution in [1.29, 1.82) is 0 Å². The van der Waals surface area contributed by atoms with Crippen LogP contribution in [0.2, 0.25) is 0 Å². The van der Waals surface area contributed by atoms with Gasteiger partial charge in [-0.15, -0.1) is 0 Å². The summed E-state index contributed by atoms with van der Waals surface area (Å²) >= 11 is 3.55. The van der Waals surface area contributed by atoms with Crippen molar-refractivity contribution in [2.24, 2.45) is 5.41 Å². The van der Waals surface area contributed by atoms with E-state index in [2.05, 4.69) is 34.9 Å². The van der Waals surface area contributed by atoms with Gasteiger partial charge in [-0.1, -0.05) is 29.8 Å². The van der Waals surface area contributed by atoms with Crippen molar-refractivity contribution in [3.05, 3.63) is 21.5 Å². The molecule has 0 aliphatic carbocycles. The van der Waals surface area contributed by atoms with Crippen molar-refractivity contribution in [3.8, 4) is 0 Å². The van der Waals surface area contributed by atoms with Crippen molar-refractivity contribution in [2.75, 3.05) is 5.33 Å². The van der Waals surface area contributed by atoms with Gasteiger partial charge < -0.3 is 0 Å². The molecule has 102 valence electrons. The summed E-state index contributed by atoms with van der Waals surface area (Å²) in [5.74, 6) is 0. The average Bonchev–Trinajstić information content (AvgIpc) is 2.61. The lowest BCUT2D eigenvalue weighted by atomic mass is 9.84. The number of halogens is 1. The molecule has 0 radical (unpaired) electrons. The maximum absolute atomic E-state index is 11.0. The largest absolute Gasteiger partial charge is 0.312 e. The minimum Gasteiger partial charge on any atom is -0.262 e. The molecule has 5 nitrogen and oxygen atoms in total. The van der Waals surface area contributed by atoms with Crippen LogP contribution in [0, 0.1) is 29.4 Å². The molecular formula is C12H20BrN3O2. The lowest BCUT2D eigenvalue weighted by Crippen LogP contribution is -2.28. The fourth-order valence-corrected chi connectivity index (χ4v) is 3.10. The van der Waals surface area contributed by atoms with E-state index in [1.54, 1.807) is 18.5 Å².